The molecule has 0 saturated heterocycles. The molecule has 0 amide bonds. The Kier molecular flexibility index (Phi) is 4.51. The van der Waals surface area contributed by atoms with Crippen LogP contribution in [-0.4, -0.2) is 24.3 Å². The summed E-state index contributed by atoms with van der Waals surface area (Å²) in [6, 6.07) is 15.9. The molecule has 31 heavy (non-hydrogen) atoms. The van der Waals surface area contributed by atoms with Gasteiger partial charge in [-0.2, -0.15) is 10.1 Å². The summed E-state index contributed by atoms with van der Waals surface area (Å²) in [4.78, 5) is 17.5. The fraction of sp³-hybridized carbons (Fsp3) is 0.167. The van der Waals surface area contributed by atoms with Crippen molar-refractivity contribution in [3.63, 3.8) is 0 Å². The third kappa shape index (κ3) is 3.54. The molecule has 7 nitrogen and oxygen atoms in total. The van der Waals surface area contributed by atoms with E-state index >= 15 is 0 Å². The van der Waals surface area contributed by atoms with E-state index in [0.717, 1.165) is 33.5 Å². The summed E-state index contributed by atoms with van der Waals surface area (Å²) >= 11 is 0. The predicted molar refractivity (Wildman–Crippen MR) is 118 cm³/mol. The fourth-order valence-electron chi connectivity index (χ4n) is 3.58. The fourth-order valence-corrected chi connectivity index (χ4v) is 3.58. The van der Waals surface area contributed by atoms with Crippen molar-refractivity contribution in [2.24, 2.45) is 0 Å². The second-order valence-corrected chi connectivity index (χ2v) is 7.79. The van der Waals surface area contributed by atoms with E-state index < -0.39 is 0 Å². The quantitative estimate of drug-likeness (QED) is 0.443. The predicted octanol–water partition coefficient (Wildman–Crippen LogP) is 4.19. The Morgan fingerprint density at radius 3 is 2.52 bits per heavy atom. The van der Waals surface area contributed by atoms with Crippen LogP contribution in [0, 0.1) is 20.8 Å². The highest BCUT2D eigenvalue weighted by atomic mass is 16.5. The zero-order valence-corrected chi connectivity index (χ0v) is 17.5. The molecule has 0 fully saturated rings. The Morgan fingerprint density at radius 1 is 0.935 bits per heavy atom. The summed E-state index contributed by atoms with van der Waals surface area (Å²) in [5, 5.41) is 8.64. The minimum absolute atomic E-state index is 0.159. The first-order valence-corrected chi connectivity index (χ1v) is 10.0. The highest BCUT2D eigenvalue weighted by molar-refractivity contribution is 5.69. The third-order valence-corrected chi connectivity index (χ3v) is 5.35. The summed E-state index contributed by atoms with van der Waals surface area (Å²) in [6.07, 6.45) is 3.46. The molecule has 0 unspecified atom stereocenters. The minimum Gasteiger partial charge on any atom is -0.334 e. The molecule has 0 aliphatic heterocycles. The van der Waals surface area contributed by atoms with Crippen LogP contribution >= 0.6 is 0 Å². The largest absolute Gasteiger partial charge is 0.334 e. The lowest BCUT2D eigenvalue weighted by Gasteiger charge is -2.03. The van der Waals surface area contributed by atoms with Crippen LogP contribution in [0.25, 0.3) is 28.2 Å². The van der Waals surface area contributed by atoms with E-state index in [1.165, 1.54) is 0 Å². The lowest BCUT2D eigenvalue weighted by molar-refractivity contribution is 0.420. The molecular formula is C24H21N5O2. The monoisotopic (exact) mass is 411 g/mol. The molecule has 3 heterocycles. The number of rotatable bonds is 4. The van der Waals surface area contributed by atoms with E-state index in [4.69, 9.17) is 4.52 Å². The van der Waals surface area contributed by atoms with Gasteiger partial charge in [0, 0.05) is 23.5 Å². The van der Waals surface area contributed by atoms with Gasteiger partial charge in [-0.1, -0.05) is 40.5 Å². The zero-order chi connectivity index (χ0) is 21.5. The van der Waals surface area contributed by atoms with Gasteiger partial charge in [0.2, 0.25) is 0 Å². The van der Waals surface area contributed by atoms with Gasteiger partial charge >= 0.3 is 0 Å². The smallest absolute Gasteiger partial charge is 0.277 e. The number of hydrogen-bond acceptors (Lipinski definition) is 5. The molecule has 0 aliphatic carbocycles. The molecule has 0 saturated carbocycles. The highest BCUT2D eigenvalue weighted by Crippen LogP contribution is 2.24. The Hall–Kier alpha value is -4.00. The molecule has 0 spiro atoms. The molecule has 5 aromatic rings. The van der Waals surface area contributed by atoms with Gasteiger partial charge in [0.15, 0.2) is 5.82 Å². The molecule has 0 N–H and O–H groups in total. The van der Waals surface area contributed by atoms with Crippen LogP contribution in [0.1, 0.15) is 22.5 Å². The molecule has 2 aromatic carbocycles. The number of hydrogen-bond donors (Lipinski definition) is 0. The maximum atomic E-state index is 13.1. The van der Waals surface area contributed by atoms with Crippen LogP contribution in [0.3, 0.4) is 0 Å². The summed E-state index contributed by atoms with van der Waals surface area (Å²) in [6.45, 7) is 6.32. The second kappa shape index (κ2) is 7.36. The SMILES string of the molecule is Cc1ccc(-c2nc(Cn3ccn4nc(-c5cc(C)ccc5C)cc4c3=O)no2)cc1. The van der Waals surface area contributed by atoms with Gasteiger partial charge in [-0.15, -0.1) is 0 Å². The van der Waals surface area contributed by atoms with Crippen LogP contribution in [0.15, 0.2) is 70.2 Å². The number of fused-ring (bicyclic) bond motifs is 1. The van der Waals surface area contributed by atoms with Crippen molar-refractivity contribution < 1.29 is 4.52 Å². The van der Waals surface area contributed by atoms with Crippen LogP contribution in [0.5, 0.6) is 0 Å². The Balaban J connectivity index is 1.47. The van der Waals surface area contributed by atoms with Crippen LogP contribution in [0.4, 0.5) is 0 Å². The van der Waals surface area contributed by atoms with Gasteiger partial charge in [0.1, 0.15) is 5.52 Å². The number of aromatic nitrogens is 5. The molecule has 7 heteroatoms. The van der Waals surface area contributed by atoms with E-state index in [1.54, 1.807) is 21.5 Å². The Labute approximate surface area is 178 Å². The van der Waals surface area contributed by atoms with Gasteiger partial charge in [-0.3, -0.25) is 4.79 Å². The molecule has 0 aliphatic rings. The van der Waals surface area contributed by atoms with Crippen molar-refractivity contribution in [1.82, 2.24) is 24.3 Å². The van der Waals surface area contributed by atoms with Crippen LogP contribution in [0.2, 0.25) is 0 Å². The maximum absolute atomic E-state index is 13.1. The van der Waals surface area contributed by atoms with E-state index in [9.17, 15) is 4.79 Å². The van der Waals surface area contributed by atoms with Gasteiger partial charge in [0.05, 0.1) is 12.2 Å². The standard InChI is InChI=1S/C24H21N5O2/c1-15-5-8-18(9-6-15)23-25-22(27-31-23)14-28-10-11-29-21(24(28)30)13-20(26-29)19-12-16(2)4-7-17(19)3/h4-13H,14H2,1-3H3. The maximum Gasteiger partial charge on any atom is 0.277 e. The minimum atomic E-state index is -0.159. The van der Waals surface area contributed by atoms with Gasteiger partial charge in [-0.25, -0.2) is 4.52 Å². The summed E-state index contributed by atoms with van der Waals surface area (Å²) in [5.41, 5.74) is 6.41. The van der Waals surface area contributed by atoms with Gasteiger partial charge in [0.25, 0.3) is 11.4 Å². The van der Waals surface area contributed by atoms with E-state index in [1.807, 2.05) is 51.1 Å². The average Bonchev–Trinajstić information content (AvgIpc) is 3.40. The normalized spacial score (nSPS) is 11.3. The first kappa shape index (κ1) is 19.0. The number of nitrogens with zero attached hydrogens (tertiary/aromatic N) is 5. The van der Waals surface area contributed by atoms with Crippen molar-refractivity contribution in [3.05, 3.63) is 93.8 Å². The lowest BCUT2D eigenvalue weighted by atomic mass is 10.0. The topological polar surface area (TPSA) is 78.2 Å². The van der Waals surface area contributed by atoms with E-state index in [0.29, 0.717) is 17.2 Å². The van der Waals surface area contributed by atoms with Gasteiger partial charge in [-0.05, 0) is 50.6 Å². The zero-order valence-electron chi connectivity index (χ0n) is 17.5. The first-order valence-electron chi connectivity index (χ1n) is 10.0. The van der Waals surface area contributed by atoms with Crippen molar-refractivity contribution in [2.45, 2.75) is 27.3 Å². The van der Waals surface area contributed by atoms with Crippen molar-refractivity contribution in [3.8, 4) is 22.7 Å². The molecule has 5 rings (SSSR count). The third-order valence-electron chi connectivity index (χ3n) is 5.35. The summed E-state index contributed by atoms with van der Waals surface area (Å²) in [7, 11) is 0. The molecule has 3 aromatic heterocycles. The Morgan fingerprint density at radius 2 is 1.71 bits per heavy atom. The number of benzene rings is 2. The number of aryl methyl sites for hydroxylation is 3. The van der Waals surface area contributed by atoms with E-state index in [-0.39, 0.29) is 12.1 Å². The molecule has 0 radical (unpaired) electrons. The molecule has 154 valence electrons. The molecule has 0 bridgehead atoms. The molecule has 0 atom stereocenters. The highest BCUT2D eigenvalue weighted by Gasteiger charge is 2.14. The van der Waals surface area contributed by atoms with Crippen molar-refractivity contribution in [2.75, 3.05) is 0 Å². The van der Waals surface area contributed by atoms with Crippen LogP contribution in [-0.2, 0) is 6.54 Å². The van der Waals surface area contributed by atoms with Crippen molar-refractivity contribution >= 4 is 5.52 Å². The first-order chi connectivity index (χ1) is 15.0. The summed E-state index contributed by atoms with van der Waals surface area (Å²) in [5.74, 6) is 0.877. The van der Waals surface area contributed by atoms with Gasteiger partial charge < -0.3 is 9.09 Å². The average molecular weight is 411 g/mol. The lowest BCUT2D eigenvalue weighted by Crippen LogP contribution is -2.22. The van der Waals surface area contributed by atoms with E-state index in [2.05, 4.69) is 33.4 Å². The summed E-state index contributed by atoms with van der Waals surface area (Å²) < 4.78 is 8.56. The molecular weight excluding hydrogens is 390 g/mol. The Bertz CT molecular complexity index is 1460. The van der Waals surface area contributed by atoms with Crippen LogP contribution < -0.4 is 5.56 Å². The van der Waals surface area contributed by atoms with Crippen molar-refractivity contribution in [1.29, 1.82) is 0 Å². The second-order valence-electron chi connectivity index (χ2n) is 7.79.